The van der Waals surface area contributed by atoms with Gasteiger partial charge in [-0.3, -0.25) is 0 Å². The molecule has 3 aliphatic heterocycles. The number of hydrogen-bond acceptors (Lipinski definition) is 3. The Balaban J connectivity index is 1.08. The Bertz CT molecular complexity index is 2230. The van der Waals surface area contributed by atoms with Crippen LogP contribution in [0.15, 0.2) is 162 Å². The summed E-state index contributed by atoms with van der Waals surface area (Å²) in [7, 11) is 0. The lowest BCUT2D eigenvalue weighted by molar-refractivity contribution is 0.646. The number of fused-ring (bicyclic) bond motifs is 5. The molecule has 3 nitrogen and oxygen atoms in total. The second-order valence-corrected chi connectivity index (χ2v) is 13.8. The van der Waals surface area contributed by atoms with Crippen molar-refractivity contribution in [3.63, 3.8) is 0 Å². The fourth-order valence-corrected chi connectivity index (χ4v) is 9.82. The van der Waals surface area contributed by atoms with Gasteiger partial charge in [0.2, 0.25) is 0 Å². The Morgan fingerprint density at radius 3 is 2.42 bits per heavy atom. The molecule has 4 heteroatoms. The molecule has 45 heavy (non-hydrogen) atoms. The van der Waals surface area contributed by atoms with E-state index in [2.05, 4.69) is 178 Å². The van der Waals surface area contributed by atoms with E-state index in [1.807, 2.05) is 0 Å². The van der Waals surface area contributed by atoms with Gasteiger partial charge in [-0.05, 0) is 65.7 Å². The van der Waals surface area contributed by atoms with Crippen LogP contribution in [0.3, 0.4) is 0 Å². The van der Waals surface area contributed by atoms with Crippen LogP contribution in [0.2, 0.25) is 0 Å². The van der Waals surface area contributed by atoms with Crippen molar-refractivity contribution in [1.82, 2.24) is 9.47 Å². The van der Waals surface area contributed by atoms with Crippen LogP contribution in [0.5, 0.6) is 0 Å². The van der Waals surface area contributed by atoms with Crippen LogP contribution in [0.1, 0.15) is 17.9 Å². The van der Waals surface area contributed by atoms with Crippen LogP contribution < -0.4 is 5.32 Å². The molecule has 0 radical (unpaired) electrons. The molecule has 216 valence electrons. The molecule has 4 unspecified atom stereocenters. The molecule has 1 fully saturated rings. The van der Waals surface area contributed by atoms with Crippen molar-refractivity contribution >= 4 is 39.3 Å². The molecule has 4 atom stereocenters. The predicted octanol–water partition coefficient (Wildman–Crippen LogP) is 9.91. The summed E-state index contributed by atoms with van der Waals surface area (Å²) in [6.45, 7) is 0. The molecule has 4 heterocycles. The van der Waals surface area contributed by atoms with Crippen molar-refractivity contribution in [3.05, 3.63) is 163 Å². The average molecular weight is 598 g/mol. The summed E-state index contributed by atoms with van der Waals surface area (Å²) in [6.07, 6.45) is 13.0. The van der Waals surface area contributed by atoms with Gasteiger partial charge in [0.15, 0.2) is 0 Å². The number of aromatic nitrogens is 1. The van der Waals surface area contributed by atoms with Gasteiger partial charge in [-0.1, -0.05) is 121 Å². The fourth-order valence-electron chi connectivity index (χ4n) is 8.10. The van der Waals surface area contributed by atoms with Crippen LogP contribution >= 0.6 is 11.8 Å². The minimum atomic E-state index is 0.104. The molecule has 5 aromatic carbocycles. The molecule has 1 saturated heterocycles. The van der Waals surface area contributed by atoms with E-state index in [4.69, 9.17) is 0 Å². The summed E-state index contributed by atoms with van der Waals surface area (Å²) in [5, 5.41) is 6.57. The molecule has 0 saturated carbocycles. The van der Waals surface area contributed by atoms with E-state index in [0.29, 0.717) is 12.0 Å². The molecule has 0 amide bonds. The van der Waals surface area contributed by atoms with Crippen molar-refractivity contribution in [2.75, 3.05) is 5.32 Å². The smallest absolute Gasteiger partial charge is 0.126 e. The van der Waals surface area contributed by atoms with Crippen LogP contribution in [-0.4, -0.2) is 26.4 Å². The molecule has 10 rings (SSSR count). The van der Waals surface area contributed by atoms with Crippen LogP contribution in [0, 0.1) is 0 Å². The summed E-state index contributed by atoms with van der Waals surface area (Å²) >= 11 is 2.06. The molecule has 1 N–H and O–H groups in total. The van der Waals surface area contributed by atoms with E-state index in [-0.39, 0.29) is 10.9 Å². The van der Waals surface area contributed by atoms with Gasteiger partial charge in [-0.25, -0.2) is 0 Å². The van der Waals surface area contributed by atoms with Crippen molar-refractivity contribution in [2.24, 2.45) is 0 Å². The number of nitrogens with zero attached hydrogens (tertiary/aromatic N) is 2. The number of thioether (sulfide) groups is 1. The molecular formula is C41H31N3S. The number of anilines is 1. The lowest BCUT2D eigenvalue weighted by atomic mass is 9.90. The minimum Gasteiger partial charge on any atom is -0.378 e. The monoisotopic (exact) mass is 597 g/mol. The largest absolute Gasteiger partial charge is 0.378 e. The van der Waals surface area contributed by atoms with E-state index in [1.165, 1.54) is 60.3 Å². The minimum absolute atomic E-state index is 0.104. The summed E-state index contributed by atoms with van der Waals surface area (Å²) in [6, 6.07) is 44.7. The van der Waals surface area contributed by atoms with Crippen molar-refractivity contribution < 1.29 is 0 Å². The Hall–Kier alpha value is -4.93. The number of hydrogen-bond donors (Lipinski definition) is 1. The van der Waals surface area contributed by atoms with E-state index >= 15 is 0 Å². The van der Waals surface area contributed by atoms with Crippen molar-refractivity contribution in [2.45, 2.75) is 34.2 Å². The highest BCUT2D eigenvalue weighted by atomic mass is 32.2. The summed E-state index contributed by atoms with van der Waals surface area (Å²) in [4.78, 5) is 4.12. The highest BCUT2D eigenvalue weighted by Crippen LogP contribution is 2.71. The third kappa shape index (κ3) is 3.66. The normalized spacial score (nSPS) is 24.0. The first-order valence-electron chi connectivity index (χ1n) is 15.9. The van der Waals surface area contributed by atoms with E-state index in [1.54, 1.807) is 0 Å². The van der Waals surface area contributed by atoms with Gasteiger partial charge in [-0.15, -0.1) is 0 Å². The number of rotatable bonds is 5. The van der Waals surface area contributed by atoms with Gasteiger partial charge in [0, 0.05) is 44.6 Å². The lowest BCUT2D eigenvalue weighted by Gasteiger charge is -2.23. The topological polar surface area (TPSA) is 20.0 Å². The van der Waals surface area contributed by atoms with Gasteiger partial charge in [0.25, 0.3) is 0 Å². The molecule has 1 aliphatic carbocycles. The first-order valence-corrected chi connectivity index (χ1v) is 16.7. The molecule has 4 aliphatic rings. The van der Waals surface area contributed by atoms with Crippen molar-refractivity contribution in [3.8, 4) is 16.8 Å². The second-order valence-electron chi connectivity index (χ2n) is 12.5. The van der Waals surface area contributed by atoms with Gasteiger partial charge < -0.3 is 14.8 Å². The molecule has 0 bridgehead atoms. The first kappa shape index (κ1) is 25.4. The van der Waals surface area contributed by atoms with Crippen LogP contribution in [0.25, 0.3) is 38.6 Å². The predicted molar refractivity (Wildman–Crippen MR) is 188 cm³/mol. The lowest BCUT2D eigenvalue weighted by Crippen LogP contribution is -2.22. The van der Waals surface area contributed by atoms with E-state index in [9.17, 15) is 0 Å². The number of nitrogens with one attached hydrogen (secondary N) is 1. The highest BCUT2D eigenvalue weighted by molar-refractivity contribution is 8.01. The zero-order valence-electron chi connectivity index (χ0n) is 24.7. The van der Waals surface area contributed by atoms with Gasteiger partial charge in [0.05, 0.1) is 17.1 Å². The number of benzene rings is 5. The van der Waals surface area contributed by atoms with Gasteiger partial charge in [-0.2, -0.15) is 0 Å². The second kappa shape index (κ2) is 9.53. The van der Waals surface area contributed by atoms with Gasteiger partial charge in [0.1, 0.15) is 4.87 Å². The van der Waals surface area contributed by atoms with Crippen LogP contribution in [-0.2, 0) is 0 Å². The summed E-state index contributed by atoms with van der Waals surface area (Å²) in [5.41, 5.74) is 10.2. The summed E-state index contributed by atoms with van der Waals surface area (Å²) in [5.74, 6) is 0.457. The third-order valence-corrected chi connectivity index (χ3v) is 11.7. The zero-order valence-corrected chi connectivity index (χ0v) is 25.5. The maximum Gasteiger partial charge on any atom is 0.126 e. The maximum absolute atomic E-state index is 4.03. The SMILES string of the molecule is C1=CC(C2N3C=CC4c5ccccc5SC423)=CC(Nc2cc3c(cc2-c2ccccc2)c2ccccc2n3-c2ccccc2)C1. The van der Waals surface area contributed by atoms with Gasteiger partial charge >= 0.3 is 0 Å². The maximum atomic E-state index is 4.03. The average Bonchev–Trinajstić information content (AvgIpc) is 3.33. The standard InChI is InChI=1S/C41H31N3S/c1-3-12-27(13-4-1)33-25-34-31-18-7-9-20-37(31)44(30-16-5-2-6-17-30)38(34)26-36(33)42-29-15-11-14-28(24-29)40-41-35(22-23-43(40)41)32-19-8-10-21-39(32)45-41/h1-14,16-26,29,35,40,42H,15H2. The summed E-state index contributed by atoms with van der Waals surface area (Å²) < 4.78 is 2.41. The Morgan fingerprint density at radius 2 is 1.53 bits per heavy atom. The Labute approximate surface area is 267 Å². The first-order chi connectivity index (χ1) is 22.3. The quantitative estimate of drug-likeness (QED) is 0.200. The Kier molecular flexibility index (Phi) is 5.38. The molecule has 6 aromatic rings. The number of para-hydroxylation sites is 2. The Morgan fingerprint density at radius 1 is 0.756 bits per heavy atom. The van der Waals surface area contributed by atoms with E-state index in [0.717, 1.165) is 6.42 Å². The molecule has 1 spiro atoms. The van der Waals surface area contributed by atoms with Crippen LogP contribution in [0.4, 0.5) is 5.69 Å². The highest BCUT2D eigenvalue weighted by Gasteiger charge is 2.72. The molecule has 1 aromatic heterocycles. The third-order valence-electron chi connectivity index (χ3n) is 10.1. The van der Waals surface area contributed by atoms with E-state index < -0.39 is 0 Å². The van der Waals surface area contributed by atoms with Crippen molar-refractivity contribution in [1.29, 1.82) is 0 Å². The fraction of sp³-hybridized carbons (Fsp3) is 0.122. The zero-order chi connectivity index (χ0) is 29.5. The molecular weight excluding hydrogens is 567 g/mol.